The van der Waals surface area contributed by atoms with Crippen LogP contribution >= 0.6 is 21.0 Å². The average Bonchev–Trinajstić information content (AvgIpc) is 2.14. The molecule has 0 saturated heterocycles. The number of aryl methyl sites for hydroxylation is 1. The zero-order chi connectivity index (χ0) is 9.68. The van der Waals surface area contributed by atoms with Crippen molar-refractivity contribution in [2.24, 2.45) is 0 Å². The first-order valence-corrected chi connectivity index (χ1v) is 5.79. The van der Waals surface area contributed by atoms with Gasteiger partial charge >= 0.3 is 0 Å². The number of benzene rings is 1. The second-order valence-corrected chi connectivity index (χ2v) is 4.31. The molecule has 0 aliphatic carbocycles. The van der Waals surface area contributed by atoms with Gasteiger partial charge < -0.3 is 5.48 Å². The van der Waals surface area contributed by atoms with E-state index >= 15 is 0 Å². The van der Waals surface area contributed by atoms with Crippen molar-refractivity contribution in [2.45, 2.75) is 12.2 Å². The highest BCUT2D eigenvalue weighted by Gasteiger charge is 2.08. The third-order valence-electron chi connectivity index (χ3n) is 1.82. The van der Waals surface area contributed by atoms with Gasteiger partial charge in [0.1, 0.15) is 5.40 Å². The molecule has 0 saturated carbocycles. The number of hydrogen-bond acceptors (Lipinski definition) is 2. The Balaban J connectivity index is 0.00000169. The maximum Gasteiger partial charge on any atom is 0.133 e. The molecule has 0 bridgehead atoms. The lowest BCUT2D eigenvalue weighted by Crippen LogP contribution is -1.94. The average molecular weight is 227 g/mol. The first kappa shape index (κ1) is 13.4. The minimum Gasteiger partial charge on any atom is -0.412 e. The van der Waals surface area contributed by atoms with E-state index in [2.05, 4.69) is 39.8 Å². The third-order valence-corrected chi connectivity index (χ3v) is 3.49. The number of nitrogens with zero attached hydrogens (tertiary/aromatic N) is 1. The minimum absolute atomic E-state index is 0. The van der Waals surface area contributed by atoms with Crippen molar-refractivity contribution < 1.29 is 5.48 Å². The maximum absolute atomic E-state index is 8.60. The molecule has 0 amide bonds. The molecule has 0 aliphatic rings. The molecule has 2 nitrogen and oxygen atoms in total. The lowest BCUT2D eigenvalue weighted by Gasteiger charge is -2.10. The standard InChI is InChI=1S/C10H12NPS.H2O/c1-8-3-2-4-9(5-8)10(6-12)13-7-11;/h2-5,10H,6,12H2,1H3;1H2. The summed E-state index contributed by atoms with van der Waals surface area (Å²) < 4.78 is 0. The van der Waals surface area contributed by atoms with Gasteiger partial charge in [-0.05, 0) is 30.4 Å². The Morgan fingerprint density at radius 3 is 2.79 bits per heavy atom. The van der Waals surface area contributed by atoms with Crippen LogP contribution in [0.25, 0.3) is 0 Å². The van der Waals surface area contributed by atoms with E-state index < -0.39 is 0 Å². The van der Waals surface area contributed by atoms with Gasteiger partial charge in [0.05, 0.1) is 0 Å². The number of thiocyanates is 1. The lowest BCUT2D eigenvalue weighted by molar-refractivity contribution is 0.824. The molecule has 76 valence electrons. The van der Waals surface area contributed by atoms with Crippen molar-refractivity contribution in [3.05, 3.63) is 35.4 Å². The Morgan fingerprint density at radius 1 is 1.57 bits per heavy atom. The van der Waals surface area contributed by atoms with E-state index in [0.29, 0.717) is 0 Å². The van der Waals surface area contributed by atoms with Gasteiger partial charge in [-0.3, -0.25) is 0 Å². The molecule has 1 aromatic carbocycles. The van der Waals surface area contributed by atoms with Gasteiger partial charge in [0.25, 0.3) is 0 Å². The van der Waals surface area contributed by atoms with E-state index in [1.54, 1.807) is 0 Å². The number of hydrogen-bond donors (Lipinski definition) is 0. The van der Waals surface area contributed by atoms with Crippen molar-refractivity contribution in [1.82, 2.24) is 0 Å². The fourth-order valence-electron chi connectivity index (χ4n) is 1.19. The summed E-state index contributed by atoms with van der Waals surface area (Å²) in [6.45, 7) is 2.07. The fourth-order valence-corrected chi connectivity index (χ4v) is 2.25. The van der Waals surface area contributed by atoms with E-state index in [1.165, 1.54) is 22.9 Å². The largest absolute Gasteiger partial charge is 0.412 e. The van der Waals surface area contributed by atoms with Crippen molar-refractivity contribution in [2.75, 3.05) is 6.16 Å². The summed E-state index contributed by atoms with van der Waals surface area (Å²) in [5.41, 5.74) is 2.49. The molecule has 0 radical (unpaired) electrons. The first-order valence-electron chi connectivity index (χ1n) is 4.09. The highest BCUT2D eigenvalue weighted by atomic mass is 32.2. The van der Waals surface area contributed by atoms with Crippen molar-refractivity contribution in [1.29, 1.82) is 5.26 Å². The Morgan fingerprint density at radius 2 is 2.29 bits per heavy atom. The van der Waals surface area contributed by atoms with Crippen LogP contribution in [0.15, 0.2) is 24.3 Å². The highest BCUT2D eigenvalue weighted by Crippen LogP contribution is 2.29. The van der Waals surface area contributed by atoms with E-state index in [4.69, 9.17) is 5.26 Å². The van der Waals surface area contributed by atoms with Crippen LogP contribution in [0.2, 0.25) is 0 Å². The molecule has 2 N–H and O–H groups in total. The van der Waals surface area contributed by atoms with Gasteiger partial charge in [-0.2, -0.15) is 5.26 Å². The quantitative estimate of drug-likeness (QED) is 0.587. The molecule has 4 heteroatoms. The highest BCUT2D eigenvalue weighted by molar-refractivity contribution is 8.04. The van der Waals surface area contributed by atoms with Crippen molar-refractivity contribution in [3.8, 4) is 5.40 Å². The predicted molar refractivity (Wildman–Crippen MR) is 65.3 cm³/mol. The molecule has 0 fully saturated rings. The third kappa shape index (κ3) is 3.67. The normalized spacial score (nSPS) is 11.2. The summed E-state index contributed by atoms with van der Waals surface area (Å²) in [7, 11) is 2.69. The van der Waals surface area contributed by atoms with Gasteiger partial charge in [0.15, 0.2) is 0 Å². The van der Waals surface area contributed by atoms with E-state index in [-0.39, 0.29) is 10.7 Å². The molecular formula is C10H14NOPS. The summed E-state index contributed by atoms with van der Waals surface area (Å²) in [6, 6.07) is 8.32. The van der Waals surface area contributed by atoms with Gasteiger partial charge in [0.2, 0.25) is 0 Å². The van der Waals surface area contributed by atoms with Gasteiger partial charge in [-0.1, -0.05) is 29.8 Å². The van der Waals surface area contributed by atoms with Crippen molar-refractivity contribution in [3.63, 3.8) is 0 Å². The topological polar surface area (TPSA) is 55.3 Å². The van der Waals surface area contributed by atoms with Crippen LogP contribution in [0, 0.1) is 17.6 Å². The summed E-state index contributed by atoms with van der Waals surface area (Å²) in [5.74, 6) is 0. The number of thioether (sulfide) groups is 1. The smallest absolute Gasteiger partial charge is 0.133 e. The van der Waals surface area contributed by atoms with Gasteiger partial charge in [0, 0.05) is 5.25 Å². The SMILES string of the molecule is Cc1cccc(C(CP)SC#N)c1.O. The van der Waals surface area contributed by atoms with Crippen LogP contribution < -0.4 is 0 Å². The second-order valence-electron chi connectivity index (χ2n) is 2.85. The van der Waals surface area contributed by atoms with Gasteiger partial charge in [-0.15, -0.1) is 9.24 Å². The number of rotatable bonds is 3. The Labute approximate surface area is 91.2 Å². The van der Waals surface area contributed by atoms with Crippen LogP contribution in [0.4, 0.5) is 0 Å². The molecule has 1 rings (SSSR count). The zero-order valence-corrected chi connectivity index (χ0v) is 10.00. The maximum atomic E-state index is 8.60. The van der Waals surface area contributed by atoms with E-state index in [0.717, 1.165) is 6.16 Å². The molecule has 0 spiro atoms. The fraction of sp³-hybridized carbons (Fsp3) is 0.300. The van der Waals surface area contributed by atoms with E-state index in [1.807, 2.05) is 6.07 Å². The molecule has 14 heavy (non-hydrogen) atoms. The summed E-state index contributed by atoms with van der Waals surface area (Å²) in [4.78, 5) is 0. The first-order chi connectivity index (χ1) is 6.27. The summed E-state index contributed by atoms with van der Waals surface area (Å²) in [5, 5.41) is 11.0. The number of nitriles is 1. The molecule has 0 heterocycles. The Kier molecular flexibility index (Phi) is 6.57. The molecular weight excluding hydrogens is 213 g/mol. The molecule has 0 aromatic heterocycles. The second kappa shape index (κ2) is 6.84. The molecule has 2 unspecified atom stereocenters. The van der Waals surface area contributed by atoms with Gasteiger partial charge in [-0.25, -0.2) is 0 Å². The Bertz CT molecular complexity index is 324. The monoisotopic (exact) mass is 227 g/mol. The Hall–Kier alpha value is -0.550. The summed E-state index contributed by atoms with van der Waals surface area (Å²) in [6.07, 6.45) is 0.918. The predicted octanol–water partition coefficient (Wildman–Crippen LogP) is 2.30. The zero-order valence-electron chi connectivity index (χ0n) is 8.03. The summed E-state index contributed by atoms with van der Waals surface area (Å²) >= 11 is 1.32. The van der Waals surface area contributed by atoms with Crippen LogP contribution in [0.1, 0.15) is 16.4 Å². The van der Waals surface area contributed by atoms with E-state index in [9.17, 15) is 0 Å². The van der Waals surface area contributed by atoms with Crippen LogP contribution in [0.3, 0.4) is 0 Å². The van der Waals surface area contributed by atoms with Crippen LogP contribution in [-0.2, 0) is 0 Å². The molecule has 1 aromatic rings. The van der Waals surface area contributed by atoms with Crippen molar-refractivity contribution >= 4 is 21.0 Å². The minimum atomic E-state index is 0. The van der Waals surface area contributed by atoms with Crippen LogP contribution in [0.5, 0.6) is 0 Å². The molecule has 0 aliphatic heterocycles. The van der Waals surface area contributed by atoms with Crippen LogP contribution in [-0.4, -0.2) is 11.6 Å². The molecule has 2 atom stereocenters. The lowest BCUT2D eigenvalue weighted by atomic mass is 10.1.